The number of carbonyl (C=O) groups excluding carboxylic acids is 2. The van der Waals surface area contributed by atoms with Gasteiger partial charge in [-0.3, -0.25) is 19.3 Å². The fraction of sp³-hybridized carbons (Fsp3) is 0.526. The molecule has 1 aromatic rings. The van der Waals surface area contributed by atoms with Gasteiger partial charge >= 0.3 is 5.97 Å². The molecule has 0 radical (unpaired) electrons. The molecule has 8 heteroatoms. The van der Waals surface area contributed by atoms with E-state index in [1.165, 1.54) is 7.05 Å². The highest BCUT2D eigenvalue weighted by Crippen LogP contribution is 2.48. The fourth-order valence-corrected chi connectivity index (χ4v) is 4.36. The number of nitrogens with one attached hydrogen (secondary N) is 2. The van der Waals surface area contributed by atoms with Gasteiger partial charge in [0.05, 0.1) is 12.0 Å². The van der Waals surface area contributed by atoms with Gasteiger partial charge in [-0.05, 0) is 24.3 Å². The number of hydrogen-bond acceptors (Lipinski definition) is 4. The Morgan fingerprint density at radius 2 is 2.00 bits per heavy atom. The highest BCUT2D eigenvalue weighted by Gasteiger charge is 2.54. The minimum Gasteiger partial charge on any atom is -0.481 e. The number of rotatable bonds is 6. The van der Waals surface area contributed by atoms with Crippen molar-refractivity contribution < 1.29 is 19.5 Å². The lowest BCUT2D eigenvalue weighted by molar-refractivity contribution is -0.149. The molecule has 1 heterocycles. The molecular formula is C19H26ClN3O4. The fourth-order valence-electron chi connectivity index (χ4n) is 4.36. The topological polar surface area (TPSA) is 98.7 Å². The van der Waals surface area contributed by atoms with Crippen LogP contribution in [-0.2, 0) is 14.4 Å². The second kappa shape index (κ2) is 8.71. The van der Waals surface area contributed by atoms with Gasteiger partial charge in [0.15, 0.2) is 0 Å². The maximum Gasteiger partial charge on any atom is 0.311 e. The normalized spacial score (nSPS) is 25.1. The Morgan fingerprint density at radius 1 is 1.30 bits per heavy atom. The lowest BCUT2D eigenvalue weighted by Crippen LogP contribution is -2.44. The third-order valence-electron chi connectivity index (χ3n) is 5.68. The van der Waals surface area contributed by atoms with Crippen LogP contribution in [0.4, 0.5) is 0 Å². The van der Waals surface area contributed by atoms with Crippen molar-refractivity contribution in [2.45, 2.75) is 25.3 Å². The third kappa shape index (κ3) is 4.25. The standard InChI is InChI=1S/C19H25N3O4.ClH/c1-20-17(24)16(13-6-3-2-4-7-13)21-15(23)11-22-10-14-8-5-9-19(14,12-22)18(25)26;/h2-4,6-7,14,16H,5,8-12H2,1H3,(H,20,24)(H,21,23)(H,25,26);1H/t14-,16?,19+;/m0./s1. The molecule has 3 rings (SSSR count). The van der Waals surface area contributed by atoms with Gasteiger partial charge in [0, 0.05) is 20.1 Å². The average Bonchev–Trinajstić information content (AvgIpc) is 3.17. The van der Waals surface area contributed by atoms with Gasteiger partial charge in [-0.2, -0.15) is 0 Å². The van der Waals surface area contributed by atoms with Crippen LogP contribution in [0.5, 0.6) is 0 Å². The van der Waals surface area contributed by atoms with Crippen LogP contribution in [-0.4, -0.2) is 54.5 Å². The number of carbonyl (C=O) groups is 3. The van der Waals surface area contributed by atoms with Crippen LogP contribution in [0.15, 0.2) is 30.3 Å². The van der Waals surface area contributed by atoms with E-state index in [1.807, 2.05) is 23.1 Å². The molecule has 27 heavy (non-hydrogen) atoms. The molecule has 1 aliphatic carbocycles. The van der Waals surface area contributed by atoms with Gasteiger partial charge in [-0.1, -0.05) is 36.8 Å². The van der Waals surface area contributed by atoms with Crippen molar-refractivity contribution >= 4 is 30.2 Å². The quantitative estimate of drug-likeness (QED) is 0.672. The molecule has 0 aromatic heterocycles. The molecule has 1 aromatic carbocycles. The zero-order chi connectivity index (χ0) is 18.7. The summed E-state index contributed by atoms with van der Waals surface area (Å²) in [7, 11) is 1.53. The van der Waals surface area contributed by atoms with Crippen LogP contribution in [0, 0.1) is 11.3 Å². The van der Waals surface area contributed by atoms with E-state index in [0.717, 1.165) is 12.8 Å². The molecule has 148 valence electrons. The summed E-state index contributed by atoms with van der Waals surface area (Å²) in [5.74, 6) is -1.21. The van der Waals surface area contributed by atoms with Gasteiger partial charge < -0.3 is 15.7 Å². The van der Waals surface area contributed by atoms with Crippen LogP contribution in [0.25, 0.3) is 0 Å². The maximum atomic E-state index is 12.5. The Morgan fingerprint density at radius 3 is 2.59 bits per heavy atom. The zero-order valence-corrected chi connectivity index (χ0v) is 16.1. The Labute approximate surface area is 164 Å². The molecule has 0 bridgehead atoms. The molecule has 1 saturated heterocycles. The van der Waals surface area contributed by atoms with E-state index in [4.69, 9.17) is 0 Å². The SMILES string of the molecule is CNC(=O)C(NC(=O)CN1C[C@@H]2CCC[C@@]2(C(=O)O)C1)c1ccccc1.Cl. The van der Waals surface area contributed by atoms with Crippen LogP contribution in [0.2, 0.25) is 0 Å². The first-order valence-electron chi connectivity index (χ1n) is 8.98. The molecule has 1 unspecified atom stereocenters. The number of amides is 2. The Bertz CT molecular complexity index is 699. The third-order valence-corrected chi connectivity index (χ3v) is 5.68. The number of halogens is 1. The van der Waals surface area contributed by atoms with Crippen molar-refractivity contribution in [2.75, 3.05) is 26.7 Å². The van der Waals surface area contributed by atoms with E-state index in [-0.39, 0.29) is 36.7 Å². The van der Waals surface area contributed by atoms with Gasteiger partial charge in [0.25, 0.3) is 0 Å². The summed E-state index contributed by atoms with van der Waals surface area (Å²) in [6.45, 7) is 1.12. The summed E-state index contributed by atoms with van der Waals surface area (Å²) in [5.41, 5.74) is 0.000367. The lowest BCUT2D eigenvalue weighted by Gasteiger charge is -2.24. The summed E-state index contributed by atoms with van der Waals surface area (Å²) in [6, 6.07) is 8.30. The van der Waals surface area contributed by atoms with Gasteiger partial charge in [-0.15, -0.1) is 12.4 Å². The summed E-state index contributed by atoms with van der Waals surface area (Å²) >= 11 is 0. The van der Waals surface area contributed by atoms with E-state index in [1.54, 1.807) is 12.1 Å². The summed E-state index contributed by atoms with van der Waals surface area (Å²) in [6.07, 6.45) is 2.51. The van der Waals surface area contributed by atoms with Crippen molar-refractivity contribution in [3.63, 3.8) is 0 Å². The van der Waals surface area contributed by atoms with E-state index in [9.17, 15) is 19.5 Å². The van der Waals surface area contributed by atoms with Gasteiger partial charge in [-0.25, -0.2) is 0 Å². The van der Waals surface area contributed by atoms with E-state index in [0.29, 0.717) is 25.1 Å². The Hall–Kier alpha value is -2.12. The highest BCUT2D eigenvalue weighted by atomic mass is 35.5. The van der Waals surface area contributed by atoms with Crippen LogP contribution in [0.3, 0.4) is 0 Å². The van der Waals surface area contributed by atoms with Crippen molar-refractivity contribution in [1.82, 2.24) is 15.5 Å². The van der Waals surface area contributed by atoms with Crippen molar-refractivity contribution in [1.29, 1.82) is 0 Å². The minimum atomic E-state index is -0.760. The number of hydrogen-bond donors (Lipinski definition) is 3. The van der Waals surface area contributed by atoms with Gasteiger partial charge in [0.1, 0.15) is 6.04 Å². The zero-order valence-electron chi connectivity index (χ0n) is 15.3. The van der Waals surface area contributed by atoms with Crippen molar-refractivity contribution in [3.8, 4) is 0 Å². The number of nitrogens with zero attached hydrogens (tertiary/aromatic N) is 1. The van der Waals surface area contributed by atoms with Crippen molar-refractivity contribution in [3.05, 3.63) is 35.9 Å². The molecule has 2 amide bonds. The number of aliphatic carboxylic acids is 1. The van der Waals surface area contributed by atoms with Crippen LogP contribution in [0.1, 0.15) is 30.9 Å². The lowest BCUT2D eigenvalue weighted by atomic mass is 9.81. The van der Waals surface area contributed by atoms with E-state index >= 15 is 0 Å². The smallest absolute Gasteiger partial charge is 0.311 e. The van der Waals surface area contributed by atoms with Crippen LogP contribution < -0.4 is 10.6 Å². The summed E-state index contributed by atoms with van der Waals surface area (Å²) in [5, 5.41) is 15.0. The molecule has 3 atom stereocenters. The molecule has 0 spiro atoms. The predicted octanol–water partition coefficient (Wildman–Crippen LogP) is 1.20. The molecule has 3 N–H and O–H groups in total. The first-order chi connectivity index (χ1) is 12.5. The first kappa shape index (κ1) is 21.2. The largest absolute Gasteiger partial charge is 0.481 e. The molecular weight excluding hydrogens is 370 g/mol. The number of likely N-dealkylation sites (tertiary alicyclic amines) is 1. The number of likely N-dealkylation sites (N-methyl/N-ethyl adjacent to an activating group) is 1. The maximum absolute atomic E-state index is 12.5. The van der Waals surface area contributed by atoms with Crippen LogP contribution >= 0.6 is 12.4 Å². The number of fused-ring (bicyclic) bond motifs is 1. The molecule has 1 aliphatic heterocycles. The Balaban J connectivity index is 0.00000261. The molecule has 2 aliphatic rings. The summed E-state index contributed by atoms with van der Waals surface area (Å²) in [4.78, 5) is 38.3. The monoisotopic (exact) mass is 395 g/mol. The van der Waals surface area contributed by atoms with Gasteiger partial charge in [0.2, 0.25) is 11.8 Å². The van der Waals surface area contributed by atoms with Crippen molar-refractivity contribution in [2.24, 2.45) is 11.3 Å². The Kier molecular flexibility index (Phi) is 6.84. The number of carboxylic acid groups (broad SMARTS) is 1. The second-order valence-corrected chi connectivity index (χ2v) is 7.25. The average molecular weight is 396 g/mol. The molecule has 2 fully saturated rings. The first-order valence-corrected chi connectivity index (χ1v) is 8.98. The predicted molar refractivity (Wildman–Crippen MR) is 102 cm³/mol. The highest BCUT2D eigenvalue weighted by molar-refractivity contribution is 5.89. The number of benzene rings is 1. The molecule has 1 saturated carbocycles. The second-order valence-electron chi connectivity index (χ2n) is 7.25. The summed E-state index contributed by atoms with van der Waals surface area (Å²) < 4.78 is 0. The van der Waals surface area contributed by atoms with E-state index in [2.05, 4.69) is 10.6 Å². The minimum absolute atomic E-state index is 0. The molecule has 7 nitrogen and oxygen atoms in total. The van der Waals surface area contributed by atoms with E-state index < -0.39 is 17.4 Å². The number of carboxylic acids is 1.